The van der Waals surface area contributed by atoms with Crippen molar-refractivity contribution < 1.29 is 13.6 Å². The molecule has 2 amide bonds. The first-order valence-corrected chi connectivity index (χ1v) is 8.92. The van der Waals surface area contributed by atoms with Crippen molar-refractivity contribution in [1.82, 2.24) is 5.01 Å². The molecule has 0 radical (unpaired) electrons. The molecule has 1 aliphatic carbocycles. The van der Waals surface area contributed by atoms with E-state index >= 15 is 0 Å². The SMILES string of the molecule is NC(=O)N1N=C2/C(=C/c3ccc(F)cc3)CCC[C@H]2[C@@H]1c1ccc(F)cc1. The summed E-state index contributed by atoms with van der Waals surface area (Å²) in [7, 11) is 0. The van der Waals surface area contributed by atoms with Crippen LogP contribution >= 0.6 is 0 Å². The van der Waals surface area contributed by atoms with Gasteiger partial charge in [-0.15, -0.1) is 0 Å². The van der Waals surface area contributed by atoms with E-state index in [9.17, 15) is 13.6 Å². The normalized spacial score (nSPS) is 23.3. The Morgan fingerprint density at radius 2 is 1.70 bits per heavy atom. The van der Waals surface area contributed by atoms with Crippen LogP contribution in [0.4, 0.5) is 13.6 Å². The first-order valence-electron chi connectivity index (χ1n) is 8.92. The summed E-state index contributed by atoms with van der Waals surface area (Å²) in [6.07, 6.45) is 4.62. The molecule has 2 atom stereocenters. The van der Waals surface area contributed by atoms with E-state index in [0.717, 1.165) is 41.7 Å². The topological polar surface area (TPSA) is 58.7 Å². The van der Waals surface area contributed by atoms with Gasteiger partial charge in [0.05, 0.1) is 11.8 Å². The zero-order valence-corrected chi connectivity index (χ0v) is 14.6. The van der Waals surface area contributed by atoms with Crippen LogP contribution in [0, 0.1) is 17.6 Å². The summed E-state index contributed by atoms with van der Waals surface area (Å²) < 4.78 is 26.5. The molecule has 138 valence electrons. The number of allylic oxidation sites excluding steroid dienone is 1. The van der Waals surface area contributed by atoms with Crippen LogP contribution in [0.15, 0.2) is 59.2 Å². The van der Waals surface area contributed by atoms with Crippen LogP contribution < -0.4 is 5.73 Å². The Morgan fingerprint density at radius 1 is 1.07 bits per heavy atom. The van der Waals surface area contributed by atoms with Crippen LogP contribution in [-0.2, 0) is 0 Å². The third-order valence-corrected chi connectivity index (χ3v) is 5.15. The number of hydrazone groups is 1. The van der Waals surface area contributed by atoms with Crippen molar-refractivity contribution >= 4 is 17.8 Å². The Labute approximate surface area is 156 Å². The summed E-state index contributed by atoms with van der Waals surface area (Å²) in [5.41, 5.74) is 9.11. The number of nitrogens with zero attached hydrogens (tertiary/aromatic N) is 2. The van der Waals surface area contributed by atoms with E-state index in [-0.39, 0.29) is 23.6 Å². The number of rotatable bonds is 2. The fourth-order valence-electron chi connectivity index (χ4n) is 3.94. The van der Waals surface area contributed by atoms with Crippen LogP contribution in [0.25, 0.3) is 6.08 Å². The van der Waals surface area contributed by atoms with E-state index in [2.05, 4.69) is 5.10 Å². The van der Waals surface area contributed by atoms with Crippen molar-refractivity contribution in [2.45, 2.75) is 25.3 Å². The van der Waals surface area contributed by atoms with Gasteiger partial charge in [0.2, 0.25) is 0 Å². The molecule has 1 aliphatic heterocycles. The number of carbonyl (C=O) groups excluding carboxylic acids is 1. The van der Waals surface area contributed by atoms with E-state index < -0.39 is 6.03 Å². The first kappa shape index (κ1) is 17.4. The third-order valence-electron chi connectivity index (χ3n) is 5.15. The number of halogens is 2. The van der Waals surface area contributed by atoms with Crippen molar-refractivity contribution in [2.75, 3.05) is 0 Å². The van der Waals surface area contributed by atoms with Gasteiger partial charge < -0.3 is 5.73 Å². The van der Waals surface area contributed by atoms with Gasteiger partial charge in [-0.05, 0) is 66.3 Å². The minimum Gasteiger partial charge on any atom is -0.350 e. The molecule has 0 unspecified atom stereocenters. The molecule has 0 spiro atoms. The smallest absolute Gasteiger partial charge is 0.335 e. The fraction of sp³-hybridized carbons (Fsp3) is 0.238. The number of fused-ring (bicyclic) bond motifs is 1. The molecule has 0 saturated heterocycles. The van der Waals surface area contributed by atoms with Gasteiger partial charge in [0.25, 0.3) is 0 Å². The lowest BCUT2D eigenvalue weighted by atomic mass is 9.77. The van der Waals surface area contributed by atoms with Crippen molar-refractivity contribution in [3.63, 3.8) is 0 Å². The highest BCUT2D eigenvalue weighted by molar-refractivity contribution is 6.08. The molecule has 4 rings (SSSR count). The van der Waals surface area contributed by atoms with Crippen molar-refractivity contribution in [3.8, 4) is 0 Å². The summed E-state index contributed by atoms with van der Waals surface area (Å²) in [5, 5.41) is 5.83. The predicted molar refractivity (Wildman–Crippen MR) is 99.7 cm³/mol. The molecule has 0 aromatic heterocycles. The summed E-state index contributed by atoms with van der Waals surface area (Å²) in [6.45, 7) is 0. The van der Waals surface area contributed by atoms with Crippen LogP contribution in [0.3, 0.4) is 0 Å². The van der Waals surface area contributed by atoms with Crippen LogP contribution in [-0.4, -0.2) is 16.8 Å². The molecule has 1 heterocycles. The molecule has 4 nitrogen and oxygen atoms in total. The molecular weight excluding hydrogens is 348 g/mol. The fourth-order valence-corrected chi connectivity index (χ4v) is 3.94. The number of benzene rings is 2. The van der Waals surface area contributed by atoms with Gasteiger partial charge in [-0.25, -0.2) is 18.6 Å². The Morgan fingerprint density at radius 3 is 2.33 bits per heavy atom. The number of carbonyl (C=O) groups is 1. The van der Waals surface area contributed by atoms with Gasteiger partial charge in [-0.1, -0.05) is 24.3 Å². The summed E-state index contributed by atoms with van der Waals surface area (Å²) in [4.78, 5) is 12.0. The number of hydrogen-bond acceptors (Lipinski definition) is 2. The molecule has 1 fully saturated rings. The molecule has 2 N–H and O–H groups in total. The maximum absolute atomic E-state index is 13.3. The predicted octanol–water partition coefficient (Wildman–Crippen LogP) is 4.64. The van der Waals surface area contributed by atoms with E-state index in [1.54, 1.807) is 24.3 Å². The Hall–Kier alpha value is -3.02. The highest BCUT2D eigenvalue weighted by Crippen LogP contribution is 2.44. The minimum atomic E-state index is -0.632. The zero-order valence-electron chi connectivity index (χ0n) is 14.6. The number of hydrogen-bond donors (Lipinski definition) is 1. The number of amides is 2. The standard InChI is InChI=1S/C21H19F2N3O/c22-16-8-4-13(5-9-16)12-15-2-1-3-18-19(15)25-26(21(24)27)20(18)14-6-10-17(23)11-7-14/h4-12,18,20H,1-3H2,(H2,24,27)/b15-12+/t18-,20+/m1/s1. The molecular formula is C21H19F2N3O. The van der Waals surface area contributed by atoms with Crippen molar-refractivity contribution in [1.29, 1.82) is 0 Å². The Kier molecular flexibility index (Phi) is 4.48. The number of primary amides is 1. The molecule has 1 saturated carbocycles. The van der Waals surface area contributed by atoms with Crippen LogP contribution in [0.1, 0.15) is 36.4 Å². The summed E-state index contributed by atoms with van der Waals surface area (Å²) in [5.74, 6) is -0.611. The summed E-state index contributed by atoms with van der Waals surface area (Å²) in [6, 6.07) is 11.4. The molecule has 6 heteroatoms. The van der Waals surface area contributed by atoms with Gasteiger partial charge >= 0.3 is 6.03 Å². The van der Waals surface area contributed by atoms with Gasteiger partial charge in [-0.3, -0.25) is 0 Å². The first-order chi connectivity index (χ1) is 13.0. The van der Waals surface area contributed by atoms with Crippen LogP contribution in [0.2, 0.25) is 0 Å². The number of nitrogens with two attached hydrogens (primary N) is 1. The van der Waals surface area contributed by atoms with Gasteiger partial charge in [0, 0.05) is 5.92 Å². The highest BCUT2D eigenvalue weighted by atomic mass is 19.1. The van der Waals surface area contributed by atoms with Gasteiger partial charge in [-0.2, -0.15) is 5.10 Å². The monoisotopic (exact) mass is 367 g/mol. The highest BCUT2D eigenvalue weighted by Gasteiger charge is 2.43. The Balaban J connectivity index is 1.72. The summed E-state index contributed by atoms with van der Waals surface area (Å²) >= 11 is 0. The lowest BCUT2D eigenvalue weighted by molar-refractivity contribution is 0.183. The van der Waals surface area contributed by atoms with Gasteiger partial charge in [0.1, 0.15) is 11.6 Å². The molecule has 0 bridgehead atoms. The van der Waals surface area contributed by atoms with E-state index in [0.29, 0.717) is 0 Å². The van der Waals surface area contributed by atoms with Crippen molar-refractivity contribution in [2.24, 2.45) is 16.8 Å². The molecule has 2 aliphatic rings. The van der Waals surface area contributed by atoms with Gasteiger partial charge in [0.15, 0.2) is 0 Å². The average Bonchev–Trinajstić information content (AvgIpc) is 3.05. The lowest BCUT2D eigenvalue weighted by Crippen LogP contribution is -2.35. The second-order valence-electron chi connectivity index (χ2n) is 6.88. The zero-order chi connectivity index (χ0) is 19.0. The lowest BCUT2D eigenvalue weighted by Gasteiger charge is -2.28. The van der Waals surface area contributed by atoms with Crippen molar-refractivity contribution in [3.05, 3.63) is 76.9 Å². The van der Waals surface area contributed by atoms with E-state index in [1.165, 1.54) is 29.3 Å². The van der Waals surface area contributed by atoms with E-state index in [1.807, 2.05) is 6.08 Å². The second-order valence-corrected chi connectivity index (χ2v) is 6.88. The maximum Gasteiger partial charge on any atom is 0.335 e. The third kappa shape index (κ3) is 3.35. The molecule has 2 aromatic rings. The maximum atomic E-state index is 13.3. The quantitative estimate of drug-likeness (QED) is 0.826. The van der Waals surface area contributed by atoms with Crippen LogP contribution in [0.5, 0.6) is 0 Å². The molecule has 27 heavy (non-hydrogen) atoms. The van der Waals surface area contributed by atoms with E-state index in [4.69, 9.17) is 5.73 Å². The average molecular weight is 367 g/mol. The number of urea groups is 1. The largest absolute Gasteiger partial charge is 0.350 e. The Bertz CT molecular complexity index is 919. The second kappa shape index (κ2) is 6.95. The molecule has 2 aromatic carbocycles. The minimum absolute atomic E-state index is 0.00316.